The van der Waals surface area contributed by atoms with Crippen LogP contribution in [-0.2, 0) is 12.0 Å². The number of unbranched alkanes of at least 4 members (excludes halogenated alkanes) is 1. The minimum Gasteiger partial charge on any atom is -0.337 e. The van der Waals surface area contributed by atoms with Gasteiger partial charge in [-0.1, -0.05) is 18.5 Å². The van der Waals surface area contributed by atoms with Gasteiger partial charge in [-0.05, 0) is 20.3 Å². The van der Waals surface area contributed by atoms with Gasteiger partial charge in [-0.25, -0.2) is 0 Å². The Morgan fingerprint density at radius 3 is 2.62 bits per heavy atom. The SMILES string of the molecule is CCCCc1noc(C(C)(C)N)n1. The molecule has 4 nitrogen and oxygen atoms in total. The zero-order valence-corrected chi connectivity index (χ0v) is 8.50. The number of aromatic nitrogens is 2. The van der Waals surface area contributed by atoms with Gasteiger partial charge < -0.3 is 10.3 Å². The van der Waals surface area contributed by atoms with Crippen LogP contribution in [0.2, 0.25) is 0 Å². The number of nitrogens with zero attached hydrogens (tertiary/aromatic N) is 2. The van der Waals surface area contributed by atoms with E-state index in [1.165, 1.54) is 0 Å². The Hall–Kier alpha value is -0.900. The van der Waals surface area contributed by atoms with E-state index in [4.69, 9.17) is 10.3 Å². The lowest BCUT2D eigenvalue weighted by Crippen LogP contribution is -2.29. The lowest BCUT2D eigenvalue weighted by molar-refractivity contribution is 0.310. The first-order chi connectivity index (χ1) is 6.04. The Labute approximate surface area is 78.5 Å². The second-order valence-corrected chi connectivity index (χ2v) is 3.84. The highest BCUT2D eigenvalue weighted by Crippen LogP contribution is 2.14. The average molecular weight is 183 g/mol. The first kappa shape index (κ1) is 10.2. The van der Waals surface area contributed by atoms with Crippen molar-refractivity contribution in [1.29, 1.82) is 0 Å². The largest absolute Gasteiger partial charge is 0.337 e. The second kappa shape index (κ2) is 3.87. The van der Waals surface area contributed by atoms with E-state index in [0.717, 1.165) is 25.1 Å². The van der Waals surface area contributed by atoms with Gasteiger partial charge >= 0.3 is 0 Å². The van der Waals surface area contributed by atoms with Gasteiger partial charge in [-0.15, -0.1) is 0 Å². The summed E-state index contributed by atoms with van der Waals surface area (Å²) in [4.78, 5) is 4.22. The van der Waals surface area contributed by atoms with Crippen LogP contribution in [0.15, 0.2) is 4.52 Å². The molecule has 0 radical (unpaired) electrons. The number of nitrogens with two attached hydrogens (primary N) is 1. The molecule has 0 fully saturated rings. The molecule has 4 heteroatoms. The fraction of sp³-hybridized carbons (Fsp3) is 0.778. The lowest BCUT2D eigenvalue weighted by atomic mass is 10.1. The maximum Gasteiger partial charge on any atom is 0.246 e. The molecule has 1 rings (SSSR count). The highest BCUT2D eigenvalue weighted by atomic mass is 16.5. The summed E-state index contributed by atoms with van der Waals surface area (Å²) < 4.78 is 5.04. The summed E-state index contributed by atoms with van der Waals surface area (Å²) in [5.41, 5.74) is 5.27. The number of rotatable bonds is 4. The van der Waals surface area contributed by atoms with E-state index in [1.807, 2.05) is 13.8 Å². The van der Waals surface area contributed by atoms with E-state index in [-0.39, 0.29) is 0 Å². The van der Waals surface area contributed by atoms with Crippen LogP contribution in [0.25, 0.3) is 0 Å². The minimum atomic E-state index is -0.530. The van der Waals surface area contributed by atoms with Crippen LogP contribution in [0.1, 0.15) is 45.3 Å². The van der Waals surface area contributed by atoms with E-state index >= 15 is 0 Å². The molecule has 1 aromatic rings. The van der Waals surface area contributed by atoms with Crippen molar-refractivity contribution in [3.8, 4) is 0 Å². The van der Waals surface area contributed by atoms with Crippen LogP contribution in [0, 0.1) is 0 Å². The van der Waals surface area contributed by atoms with Crippen LogP contribution in [0.5, 0.6) is 0 Å². The molecule has 0 saturated carbocycles. The summed E-state index contributed by atoms with van der Waals surface area (Å²) in [5.74, 6) is 1.27. The van der Waals surface area contributed by atoms with E-state index in [0.29, 0.717) is 5.89 Å². The molecule has 1 heterocycles. The second-order valence-electron chi connectivity index (χ2n) is 3.84. The van der Waals surface area contributed by atoms with Crippen LogP contribution in [-0.4, -0.2) is 10.1 Å². The predicted octanol–water partition coefficient (Wildman–Crippen LogP) is 1.61. The van der Waals surface area contributed by atoms with Crippen molar-refractivity contribution >= 4 is 0 Å². The van der Waals surface area contributed by atoms with Crippen molar-refractivity contribution in [2.24, 2.45) is 5.73 Å². The van der Waals surface area contributed by atoms with Gasteiger partial charge in [0.15, 0.2) is 5.82 Å². The van der Waals surface area contributed by atoms with Crippen molar-refractivity contribution in [3.05, 3.63) is 11.7 Å². The fourth-order valence-electron chi connectivity index (χ4n) is 0.952. The molecule has 0 bridgehead atoms. The van der Waals surface area contributed by atoms with Crippen molar-refractivity contribution < 1.29 is 4.52 Å². The topological polar surface area (TPSA) is 64.9 Å². The van der Waals surface area contributed by atoms with Crippen molar-refractivity contribution in [3.63, 3.8) is 0 Å². The molecule has 1 aromatic heterocycles. The number of hydrogen-bond donors (Lipinski definition) is 1. The Morgan fingerprint density at radius 2 is 2.15 bits per heavy atom. The van der Waals surface area contributed by atoms with Crippen LogP contribution < -0.4 is 5.73 Å². The predicted molar refractivity (Wildman–Crippen MR) is 50.1 cm³/mol. The monoisotopic (exact) mass is 183 g/mol. The Morgan fingerprint density at radius 1 is 1.46 bits per heavy atom. The summed E-state index contributed by atoms with van der Waals surface area (Å²) in [6, 6.07) is 0. The summed E-state index contributed by atoms with van der Waals surface area (Å²) in [6.45, 7) is 5.84. The third-order valence-electron chi connectivity index (χ3n) is 1.77. The third kappa shape index (κ3) is 2.81. The maximum atomic E-state index is 5.80. The maximum absolute atomic E-state index is 5.80. The summed E-state index contributed by atoms with van der Waals surface area (Å²) in [6.07, 6.45) is 3.09. The molecular weight excluding hydrogens is 166 g/mol. The van der Waals surface area contributed by atoms with Gasteiger partial charge in [0.1, 0.15) is 0 Å². The number of hydrogen-bond acceptors (Lipinski definition) is 4. The Bertz CT molecular complexity index is 262. The van der Waals surface area contributed by atoms with Gasteiger partial charge in [0.2, 0.25) is 5.89 Å². The van der Waals surface area contributed by atoms with Gasteiger partial charge in [-0.3, -0.25) is 0 Å². The normalized spacial score (nSPS) is 12.0. The smallest absolute Gasteiger partial charge is 0.246 e. The molecule has 0 aliphatic rings. The highest BCUT2D eigenvalue weighted by molar-refractivity contribution is 4.97. The van der Waals surface area contributed by atoms with Gasteiger partial charge in [0.25, 0.3) is 0 Å². The minimum absolute atomic E-state index is 0.513. The van der Waals surface area contributed by atoms with E-state index in [2.05, 4.69) is 17.1 Å². The summed E-state index contributed by atoms with van der Waals surface area (Å²) in [7, 11) is 0. The molecule has 0 aliphatic heterocycles. The zero-order chi connectivity index (χ0) is 9.90. The Kier molecular flexibility index (Phi) is 3.03. The van der Waals surface area contributed by atoms with Crippen molar-refractivity contribution in [2.45, 2.75) is 45.6 Å². The molecule has 0 aromatic carbocycles. The molecule has 0 spiro atoms. The lowest BCUT2D eigenvalue weighted by Gasteiger charge is -2.10. The molecule has 13 heavy (non-hydrogen) atoms. The molecular formula is C9H17N3O. The Balaban J connectivity index is 2.64. The molecule has 2 N–H and O–H groups in total. The first-order valence-corrected chi connectivity index (χ1v) is 4.66. The van der Waals surface area contributed by atoms with Crippen molar-refractivity contribution in [1.82, 2.24) is 10.1 Å². The van der Waals surface area contributed by atoms with Crippen LogP contribution in [0.4, 0.5) is 0 Å². The van der Waals surface area contributed by atoms with Crippen LogP contribution >= 0.6 is 0 Å². The van der Waals surface area contributed by atoms with Gasteiger partial charge in [0.05, 0.1) is 5.54 Å². The quantitative estimate of drug-likeness (QED) is 0.770. The highest BCUT2D eigenvalue weighted by Gasteiger charge is 2.21. The summed E-state index contributed by atoms with van der Waals surface area (Å²) >= 11 is 0. The summed E-state index contributed by atoms with van der Waals surface area (Å²) in [5, 5.41) is 3.85. The van der Waals surface area contributed by atoms with E-state index < -0.39 is 5.54 Å². The molecule has 0 aliphatic carbocycles. The molecule has 0 amide bonds. The zero-order valence-electron chi connectivity index (χ0n) is 8.50. The molecule has 0 atom stereocenters. The molecule has 0 unspecified atom stereocenters. The molecule has 74 valence electrons. The van der Waals surface area contributed by atoms with Crippen LogP contribution in [0.3, 0.4) is 0 Å². The number of aryl methyl sites for hydroxylation is 1. The van der Waals surface area contributed by atoms with E-state index in [1.54, 1.807) is 0 Å². The molecule has 0 saturated heterocycles. The third-order valence-corrected chi connectivity index (χ3v) is 1.77. The standard InChI is InChI=1S/C9H17N3O/c1-4-5-6-7-11-8(13-12-7)9(2,3)10/h4-6,10H2,1-3H3. The van der Waals surface area contributed by atoms with Crippen molar-refractivity contribution in [2.75, 3.05) is 0 Å². The van der Waals surface area contributed by atoms with Gasteiger partial charge in [-0.2, -0.15) is 4.98 Å². The van der Waals surface area contributed by atoms with E-state index in [9.17, 15) is 0 Å². The first-order valence-electron chi connectivity index (χ1n) is 4.66. The average Bonchev–Trinajstić information content (AvgIpc) is 2.47. The fourth-order valence-corrected chi connectivity index (χ4v) is 0.952. The van der Waals surface area contributed by atoms with Gasteiger partial charge in [0, 0.05) is 6.42 Å².